The molecule has 0 aliphatic heterocycles. The van der Waals surface area contributed by atoms with Crippen molar-refractivity contribution in [2.24, 2.45) is 0 Å². The molecule has 6 aromatic rings. The Morgan fingerprint density at radius 3 is 2.71 bits per heavy atom. The minimum Gasteiger partial charge on any atom is -0.492 e. The van der Waals surface area contributed by atoms with Gasteiger partial charge in [-0.15, -0.1) is 0 Å². The Bertz CT molecular complexity index is 1830. The van der Waals surface area contributed by atoms with Crippen molar-refractivity contribution in [3.05, 3.63) is 72.6 Å². The van der Waals surface area contributed by atoms with Gasteiger partial charge in [0, 0.05) is 60.6 Å². The number of rotatable bonds is 10. The maximum Gasteiger partial charge on any atom is 0.181 e. The lowest BCUT2D eigenvalue weighted by atomic mass is 10.1. The minimum atomic E-state index is -0.380. The molecule has 208 valence electrons. The van der Waals surface area contributed by atoms with Crippen molar-refractivity contribution in [2.75, 3.05) is 33.8 Å². The molecule has 0 atom stereocenters. The first-order valence-corrected chi connectivity index (χ1v) is 13.4. The molecule has 41 heavy (non-hydrogen) atoms. The molecule has 6 rings (SSSR count). The second kappa shape index (κ2) is 11.4. The van der Waals surface area contributed by atoms with E-state index in [4.69, 9.17) is 9.72 Å². The van der Waals surface area contributed by atoms with Crippen molar-refractivity contribution in [3.8, 4) is 39.5 Å². The van der Waals surface area contributed by atoms with Crippen LogP contribution in [0.5, 0.6) is 5.75 Å². The Hall–Kier alpha value is -4.74. The van der Waals surface area contributed by atoms with Gasteiger partial charge in [0.25, 0.3) is 0 Å². The van der Waals surface area contributed by atoms with Crippen LogP contribution in [0, 0.1) is 5.82 Å². The summed E-state index contributed by atoms with van der Waals surface area (Å²) < 4.78 is 20.4. The van der Waals surface area contributed by atoms with E-state index in [0.29, 0.717) is 46.2 Å². The zero-order valence-corrected chi connectivity index (χ0v) is 23.1. The zero-order chi connectivity index (χ0) is 28.3. The molecule has 0 amide bonds. The number of aromatic amines is 2. The number of halogens is 1. The molecule has 5 aromatic heterocycles. The second-order valence-electron chi connectivity index (χ2n) is 10.0. The largest absolute Gasteiger partial charge is 0.492 e. The van der Waals surface area contributed by atoms with Gasteiger partial charge < -0.3 is 19.9 Å². The lowest BCUT2D eigenvalue weighted by molar-refractivity contribution is 0.260. The zero-order valence-electron chi connectivity index (χ0n) is 23.1. The highest BCUT2D eigenvalue weighted by Crippen LogP contribution is 2.33. The van der Waals surface area contributed by atoms with Crippen LogP contribution in [-0.4, -0.2) is 73.8 Å². The van der Waals surface area contributed by atoms with E-state index < -0.39 is 0 Å². The fraction of sp³-hybridized carbons (Fsp3) is 0.233. The van der Waals surface area contributed by atoms with E-state index in [2.05, 4.69) is 48.4 Å². The number of likely N-dealkylation sites (N-methyl/N-ethyl adjacent to an activating group) is 1. The van der Waals surface area contributed by atoms with Crippen LogP contribution >= 0.6 is 0 Å². The molecule has 3 N–H and O–H groups in total. The van der Waals surface area contributed by atoms with Gasteiger partial charge in [-0.1, -0.05) is 6.92 Å². The van der Waals surface area contributed by atoms with Gasteiger partial charge in [0.05, 0.1) is 10.9 Å². The van der Waals surface area contributed by atoms with Crippen LogP contribution in [0.25, 0.3) is 56.0 Å². The summed E-state index contributed by atoms with van der Waals surface area (Å²) in [5.74, 6) is 0.641. The molecular formula is C30H30FN9O. The first-order chi connectivity index (χ1) is 20.0. The number of hydrogen-bond acceptors (Lipinski definition) is 8. The maximum atomic E-state index is 14.6. The van der Waals surface area contributed by atoms with Gasteiger partial charge in [-0.05, 0) is 62.1 Å². The van der Waals surface area contributed by atoms with Crippen molar-refractivity contribution in [3.63, 3.8) is 0 Å². The molecule has 1 aromatic carbocycles. The third-order valence-corrected chi connectivity index (χ3v) is 6.74. The molecule has 10 nitrogen and oxygen atoms in total. The first-order valence-electron chi connectivity index (χ1n) is 13.4. The molecule has 0 radical (unpaired) electrons. The Morgan fingerprint density at radius 2 is 1.85 bits per heavy atom. The topological polar surface area (TPSA) is 121 Å². The summed E-state index contributed by atoms with van der Waals surface area (Å²) in [6.07, 6.45) is 7.14. The van der Waals surface area contributed by atoms with Gasteiger partial charge in [0.15, 0.2) is 17.1 Å². The molecule has 11 heteroatoms. The molecule has 0 aliphatic rings. The molecule has 0 unspecified atom stereocenters. The summed E-state index contributed by atoms with van der Waals surface area (Å²) >= 11 is 0. The molecule has 0 bridgehead atoms. The van der Waals surface area contributed by atoms with Gasteiger partial charge in [-0.2, -0.15) is 5.10 Å². The molecule has 0 fully saturated rings. The predicted molar refractivity (Wildman–Crippen MR) is 157 cm³/mol. The molecule has 0 spiro atoms. The maximum absolute atomic E-state index is 14.6. The number of nitrogens with one attached hydrogen (secondary N) is 3. The Balaban J connectivity index is 1.37. The Kier molecular flexibility index (Phi) is 7.36. The highest BCUT2D eigenvalue weighted by Gasteiger charge is 2.17. The Morgan fingerprint density at radius 1 is 0.976 bits per heavy atom. The molecule has 5 heterocycles. The fourth-order valence-electron chi connectivity index (χ4n) is 4.67. The predicted octanol–water partition coefficient (Wildman–Crippen LogP) is 4.81. The van der Waals surface area contributed by atoms with Crippen LogP contribution in [0.2, 0.25) is 0 Å². The van der Waals surface area contributed by atoms with Crippen LogP contribution in [0.1, 0.15) is 12.5 Å². The summed E-state index contributed by atoms with van der Waals surface area (Å²) in [6, 6.07) is 10.7. The molecule has 0 saturated carbocycles. The highest BCUT2D eigenvalue weighted by molar-refractivity contribution is 5.96. The number of ether oxygens (including phenoxy) is 1. The SMILES string of the molecule is CCNCc1cncc(-c2cnc3n[nH]c(-c4nc5nccc(-c6cc(F)cc(OCCN(C)C)c6)c5[nH]4)c3c2)c1. The third kappa shape index (κ3) is 5.63. The lowest BCUT2D eigenvalue weighted by Crippen LogP contribution is -2.19. The average Bonchev–Trinajstić information content (AvgIpc) is 3.59. The van der Waals surface area contributed by atoms with Gasteiger partial charge in [0.2, 0.25) is 0 Å². The van der Waals surface area contributed by atoms with E-state index >= 15 is 0 Å². The van der Waals surface area contributed by atoms with Crippen molar-refractivity contribution >= 4 is 22.2 Å². The van der Waals surface area contributed by atoms with Gasteiger partial charge in [-0.25, -0.2) is 19.3 Å². The number of aromatic nitrogens is 7. The van der Waals surface area contributed by atoms with Crippen molar-refractivity contribution < 1.29 is 9.13 Å². The summed E-state index contributed by atoms with van der Waals surface area (Å²) in [5.41, 5.74) is 6.83. The van der Waals surface area contributed by atoms with Crippen LogP contribution in [0.4, 0.5) is 4.39 Å². The average molecular weight is 552 g/mol. The Labute approximate surface area is 236 Å². The van der Waals surface area contributed by atoms with E-state index in [-0.39, 0.29) is 5.82 Å². The van der Waals surface area contributed by atoms with Gasteiger partial charge >= 0.3 is 0 Å². The van der Waals surface area contributed by atoms with Crippen molar-refractivity contribution in [2.45, 2.75) is 13.5 Å². The van der Waals surface area contributed by atoms with Crippen LogP contribution in [0.3, 0.4) is 0 Å². The number of nitrogens with zero attached hydrogens (tertiary/aromatic N) is 6. The number of pyridine rings is 3. The summed E-state index contributed by atoms with van der Waals surface area (Å²) in [5, 5.41) is 11.6. The van der Waals surface area contributed by atoms with E-state index in [1.54, 1.807) is 12.4 Å². The van der Waals surface area contributed by atoms with Gasteiger partial charge in [0.1, 0.15) is 23.9 Å². The van der Waals surface area contributed by atoms with E-state index in [1.165, 1.54) is 12.1 Å². The first kappa shape index (κ1) is 26.5. The number of H-pyrrole nitrogens is 2. The summed E-state index contributed by atoms with van der Waals surface area (Å²) in [4.78, 5) is 23.6. The summed E-state index contributed by atoms with van der Waals surface area (Å²) in [7, 11) is 3.93. The van der Waals surface area contributed by atoms with Gasteiger partial charge in [-0.3, -0.25) is 10.1 Å². The highest BCUT2D eigenvalue weighted by atomic mass is 19.1. The number of imidazole rings is 1. The van der Waals surface area contributed by atoms with Crippen LogP contribution < -0.4 is 10.1 Å². The second-order valence-corrected chi connectivity index (χ2v) is 10.0. The minimum absolute atomic E-state index is 0.380. The lowest BCUT2D eigenvalue weighted by Gasteiger charge is -2.12. The number of hydrogen-bond donors (Lipinski definition) is 3. The standard InChI is InChI=1S/C30H30FN9O/c1-4-32-14-18-9-20(16-33-15-18)21-12-25-27(38-39-28(25)35-17-21)30-36-26-24(5-6-34-29(26)37-30)19-10-22(31)13-23(11-19)41-8-7-40(2)3/h5-6,9-13,15-17,32H,4,7-8,14H2,1-3H3,(H,34,36,37)(H,35,38,39). The van der Waals surface area contributed by atoms with Crippen molar-refractivity contribution in [1.82, 2.24) is 45.3 Å². The number of fused-ring (bicyclic) bond motifs is 2. The fourth-order valence-corrected chi connectivity index (χ4v) is 4.67. The number of benzene rings is 1. The normalized spacial score (nSPS) is 11.6. The monoisotopic (exact) mass is 551 g/mol. The molecule has 0 aliphatic carbocycles. The molecule has 0 saturated heterocycles. The van der Waals surface area contributed by atoms with E-state index in [1.807, 2.05) is 49.6 Å². The quantitative estimate of drug-likeness (QED) is 0.222. The molecular weight excluding hydrogens is 521 g/mol. The van der Waals surface area contributed by atoms with Crippen LogP contribution in [-0.2, 0) is 6.54 Å². The van der Waals surface area contributed by atoms with Crippen LogP contribution in [0.15, 0.2) is 61.2 Å². The summed E-state index contributed by atoms with van der Waals surface area (Å²) in [6.45, 7) is 4.88. The smallest absolute Gasteiger partial charge is 0.181 e. The van der Waals surface area contributed by atoms with Crippen molar-refractivity contribution in [1.29, 1.82) is 0 Å². The van der Waals surface area contributed by atoms with E-state index in [0.717, 1.165) is 47.3 Å². The third-order valence-electron chi connectivity index (χ3n) is 6.74. The van der Waals surface area contributed by atoms with E-state index in [9.17, 15) is 4.39 Å².